The lowest BCUT2D eigenvalue weighted by Crippen LogP contribution is -2.49. The number of allylic oxidation sites excluding steroid dienone is 3. The van der Waals surface area contributed by atoms with E-state index in [-0.39, 0.29) is 17.4 Å². The molecule has 5 heteroatoms. The number of nitrogens with zero attached hydrogens (tertiary/aromatic N) is 1. The van der Waals surface area contributed by atoms with Crippen molar-refractivity contribution in [3.63, 3.8) is 0 Å². The van der Waals surface area contributed by atoms with Gasteiger partial charge in [0.2, 0.25) is 0 Å². The maximum absolute atomic E-state index is 11.2. The number of phenols is 1. The Hall–Kier alpha value is -1.85. The number of ether oxygens (including phenoxy) is 1. The molecule has 2 aliphatic rings. The lowest BCUT2D eigenvalue weighted by Gasteiger charge is -2.33. The van der Waals surface area contributed by atoms with E-state index in [4.69, 9.17) is 17.0 Å². The van der Waals surface area contributed by atoms with Gasteiger partial charge in [0.1, 0.15) is 11.5 Å². The average molecular weight is 471 g/mol. The summed E-state index contributed by atoms with van der Waals surface area (Å²) in [4.78, 5) is 2.29. The summed E-state index contributed by atoms with van der Waals surface area (Å²) < 4.78 is 6.32. The van der Waals surface area contributed by atoms with Crippen molar-refractivity contribution >= 4 is 17.4 Å². The normalized spacial score (nSPS) is 24.7. The summed E-state index contributed by atoms with van der Waals surface area (Å²) in [6.07, 6.45) is 8.71. The molecular formula is C28H42N2O2S. The van der Waals surface area contributed by atoms with Crippen LogP contribution in [0.3, 0.4) is 0 Å². The van der Waals surface area contributed by atoms with Crippen LogP contribution in [-0.4, -0.2) is 40.4 Å². The number of benzene rings is 1. The molecule has 1 aromatic rings. The molecule has 1 aliphatic heterocycles. The van der Waals surface area contributed by atoms with Gasteiger partial charge in [-0.2, -0.15) is 0 Å². The van der Waals surface area contributed by atoms with Gasteiger partial charge in [-0.05, 0) is 96.3 Å². The summed E-state index contributed by atoms with van der Waals surface area (Å²) in [5.74, 6) is 1.26. The second-order valence-corrected chi connectivity index (χ2v) is 11.1. The number of hydrogen-bond acceptors (Lipinski definition) is 4. The molecule has 1 saturated heterocycles. The summed E-state index contributed by atoms with van der Waals surface area (Å²) in [6, 6.07) is 4.44. The Kier molecular flexibility index (Phi) is 8.28. The minimum atomic E-state index is -0.186. The molecule has 1 aliphatic carbocycles. The smallest absolute Gasteiger partial charge is 0.262 e. The van der Waals surface area contributed by atoms with Crippen LogP contribution in [0.2, 0.25) is 0 Å². The molecular weight excluding hydrogens is 428 g/mol. The van der Waals surface area contributed by atoms with Crippen LogP contribution in [-0.2, 0) is 6.42 Å². The highest BCUT2D eigenvalue weighted by molar-refractivity contribution is 7.80. The first-order chi connectivity index (χ1) is 15.5. The SMILES string of the molecule is C=C(C)[C@@H]1CCC(C)=C[C@H]1c1c(O)cc(CCCCC)cc1OC(=S)NC(C)(C)C1CN1C. The van der Waals surface area contributed by atoms with E-state index in [0.717, 1.165) is 48.9 Å². The molecule has 3 rings (SSSR count). The molecule has 0 radical (unpaired) electrons. The van der Waals surface area contributed by atoms with Gasteiger partial charge in [0.05, 0.1) is 5.54 Å². The van der Waals surface area contributed by atoms with Crippen molar-refractivity contribution in [1.29, 1.82) is 0 Å². The fourth-order valence-corrected chi connectivity index (χ4v) is 5.55. The molecule has 2 unspecified atom stereocenters. The quantitative estimate of drug-likeness (QED) is 0.187. The topological polar surface area (TPSA) is 44.5 Å². The van der Waals surface area contributed by atoms with Crippen LogP contribution in [0.5, 0.6) is 11.5 Å². The van der Waals surface area contributed by atoms with E-state index in [1.807, 2.05) is 6.07 Å². The molecule has 1 aromatic carbocycles. The fourth-order valence-electron chi connectivity index (χ4n) is 5.19. The Bertz CT molecular complexity index is 921. The predicted octanol–water partition coefficient (Wildman–Crippen LogP) is 6.49. The van der Waals surface area contributed by atoms with Crippen LogP contribution in [0.4, 0.5) is 0 Å². The summed E-state index contributed by atoms with van der Waals surface area (Å²) >= 11 is 5.66. The number of aromatic hydroxyl groups is 1. The first-order valence-corrected chi connectivity index (χ1v) is 12.8. The van der Waals surface area contributed by atoms with Crippen molar-refractivity contribution in [2.45, 2.75) is 90.6 Å². The third-order valence-electron chi connectivity index (χ3n) is 7.28. The van der Waals surface area contributed by atoms with Gasteiger partial charge in [0.25, 0.3) is 5.17 Å². The predicted molar refractivity (Wildman–Crippen MR) is 142 cm³/mol. The fraction of sp³-hybridized carbons (Fsp3) is 0.607. The molecule has 1 fully saturated rings. The molecule has 0 spiro atoms. The van der Waals surface area contributed by atoms with Crippen molar-refractivity contribution in [3.8, 4) is 11.5 Å². The minimum absolute atomic E-state index is 0.0290. The molecule has 4 nitrogen and oxygen atoms in total. The van der Waals surface area contributed by atoms with Crippen LogP contribution < -0.4 is 10.1 Å². The van der Waals surface area contributed by atoms with E-state index in [1.165, 1.54) is 18.4 Å². The third kappa shape index (κ3) is 6.39. The number of nitrogens with one attached hydrogen (secondary N) is 1. The van der Waals surface area contributed by atoms with E-state index >= 15 is 0 Å². The van der Waals surface area contributed by atoms with Gasteiger partial charge >= 0.3 is 0 Å². The number of likely N-dealkylation sites (N-methyl/N-ethyl adjacent to an activating group) is 1. The molecule has 1 heterocycles. The highest BCUT2D eigenvalue weighted by Gasteiger charge is 2.44. The van der Waals surface area contributed by atoms with E-state index in [2.05, 4.69) is 70.6 Å². The van der Waals surface area contributed by atoms with E-state index in [9.17, 15) is 5.11 Å². The maximum Gasteiger partial charge on any atom is 0.262 e. The zero-order chi connectivity index (χ0) is 24.3. The number of rotatable bonds is 9. The summed E-state index contributed by atoms with van der Waals surface area (Å²) in [7, 11) is 2.11. The van der Waals surface area contributed by atoms with Crippen molar-refractivity contribution in [1.82, 2.24) is 10.2 Å². The molecule has 0 bridgehead atoms. The van der Waals surface area contributed by atoms with Crippen LogP contribution >= 0.6 is 12.2 Å². The number of thiocarbonyl (C=S) groups is 1. The molecule has 0 amide bonds. The highest BCUT2D eigenvalue weighted by atomic mass is 32.1. The summed E-state index contributed by atoms with van der Waals surface area (Å²) in [5, 5.41) is 15.0. The average Bonchev–Trinajstić information content (AvgIpc) is 3.45. The highest BCUT2D eigenvalue weighted by Crippen LogP contribution is 2.47. The lowest BCUT2D eigenvalue weighted by molar-refractivity contribution is 0.367. The summed E-state index contributed by atoms with van der Waals surface area (Å²) in [6.45, 7) is 16.1. The Morgan fingerprint density at radius 2 is 2.03 bits per heavy atom. The summed E-state index contributed by atoms with van der Waals surface area (Å²) in [5.41, 5.74) is 4.21. The monoisotopic (exact) mass is 470 g/mol. The van der Waals surface area contributed by atoms with Gasteiger partial charge in [-0.3, -0.25) is 4.90 Å². The zero-order valence-electron chi connectivity index (χ0n) is 21.3. The van der Waals surface area contributed by atoms with Gasteiger partial charge in [0.15, 0.2) is 0 Å². The lowest BCUT2D eigenvalue weighted by atomic mass is 9.73. The van der Waals surface area contributed by atoms with Gasteiger partial charge in [0, 0.05) is 24.1 Å². The standard InChI is InChI=1S/C28H42N2O2S/c1-8-9-10-11-20-15-23(31)26(22-14-19(4)12-13-21(22)18(2)3)24(16-20)32-27(33)29-28(5,6)25-17-30(25)7/h14-16,21-22,25,31H,2,8-13,17H2,1,3-7H3,(H,29,33)/t21-,22+,25?,30?/m0/s1. The largest absolute Gasteiger partial charge is 0.507 e. The van der Waals surface area contributed by atoms with Crippen LogP contribution in [0.15, 0.2) is 35.9 Å². The van der Waals surface area contributed by atoms with E-state index < -0.39 is 0 Å². The molecule has 0 saturated carbocycles. The van der Waals surface area contributed by atoms with Crippen molar-refractivity contribution in [3.05, 3.63) is 47.1 Å². The molecule has 2 N–H and O–H groups in total. The van der Waals surface area contributed by atoms with Crippen molar-refractivity contribution in [2.75, 3.05) is 13.6 Å². The Morgan fingerprint density at radius 1 is 1.33 bits per heavy atom. The Labute approximate surface area is 206 Å². The van der Waals surface area contributed by atoms with Gasteiger partial charge < -0.3 is 15.2 Å². The van der Waals surface area contributed by atoms with Crippen molar-refractivity contribution in [2.24, 2.45) is 5.92 Å². The first-order valence-electron chi connectivity index (χ1n) is 12.4. The van der Waals surface area contributed by atoms with Crippen LogP contribution in [0.1, 0.15) is 83.8 Å². The second-order valence-electron chi connectivity index (χ2n) is 10.7. The van der Waals surface area contributed by atoms with Gasteiger partial charge in [-0.15, -0.1) is 0 Å². The first kappa shape index (κ1) is 25.8. The number of aryl methyl sites for hydroxylation is 1. The van der Waals surface area contributed by atoms with E-state index in [1.54, 1.807) is 0 Å². The number of phenolic OH excluding ortho intramolecular Hbond substituents is 1. The number of hydrogen-bond donors (Lipinski definition) is 2. The Balaban J connectivity index is 1.95. The Morgan fingerprint density at radius 3 is 2.64 bits per heavy atom. The minimum Gasteiger partial charge on any atom is -0.507 e. The number of unbranched alkanes of at least 4 members (excludes halogenated alkanes) is 2. The molecule has 0 aromatic heterocycles. The molecule has 182 valence electrons. The van der Waals surface area contributed by atoms with Crippen LogP contribution in [0.25, 0.3) is 0 Å². The van der Waals surface area contributed by atoms with E-state index in [0.29, 0.717) is 22.7 Å². The van der Waals surface area contributed by atoms with Crippen molar-refractivity contribution < 1.29 is 9.84 Å². The molecule has 4 atom stereocenters. The molecule has 33 heavy (non-hydrogen) atoms. The second kappa shape index (κ2) is 10.6. The third-order valence-corrected chi connectivity index (χ3v) is 7.47. The van der Waals surface area contributed by atoms with Gasteiger partial charge in [-0.1, -0.05) is 43.6 Å². The van der Waals surface area contributed by atoms with Crippen LogP contribution in [0, 0.1) is 5.92 Å². The van der Waals surface area contributed by atoms with Gasteiger partial charge in [-0.25, -0.2) is 0 Å². The maximum atomic E-state index is 11.2. The zero-order valence-corrected chi connectivity index (χ0v) is 22.1.